The van der Waals surface area contributed by atoms with Gasteiger partial charge in [0.25, 0.3) is 0 Å². The van der Waals surface area contributed by atoms with Crippen LogP contribution in [-0.2, 0) is 10.3 Å². The summed E-state index contributed by atoms with van der Waals surface area (Å²) >= 11 is 3.42. The first-order valence-corrected chi connectivity index (χ1v) is 9.86. The summed E-state index contributed by atoms with van der Waals surface area (Å²) in [5.74, 6) is -0.330. The SMILES string of the molecule is CC(c1ccc(Br)cc1)N1CC[C@@](CCCO)(c2ccc(F)cc2)OC1=O. The van der Waals surface area contributed by atoms with Gasteiger partial charge in [0, 0.05) is 24.0 Å². The number of aliphatic hydroxyl groups excluding tert-OH is 1. The van der Waals surface area contributed by atoms with Crippen LogP contribution in [0, 0.1) is 5.82 Å². The molecule has 4 nitrogen and oxygen atoms in total. The zero-order chi connectivity index (χ0) is 19.4. The van der Waals surface area contributed by atoms with E-state index in [1.54, 1.807) is 17.0 Å². The maximum atomic E-state index is 13.3. The van der Waals surface area contributed by atoms with Gasteiger partial charge in [-0.3, -0.25) is 0 Å². The van der Waals surface area contributed by atoms with Gasteiger partial charge in [0.2, 0.25) is 0 Å². The molecule has 1 saturated heterocycles. The van der Waals surface area contributed by atoms with Crippen LogP contribution in [-0.4, -0.2) is 29.3 Å². The lowest BCUT2D eigenvalue weighted by molar-refractivity contribution is -0.0680. The second-order valence-corrected chi connectivity index (χ2v) is 7.78. The molecule has 0 aromatic heterocycles. The second-order valence-electron chi connectivity index (χ2n) is 6.87. The first-order chi connectivity index (χ1) is 12.9. The third-order valence-electron chi connectivity index (χ3n) is 5.20. The molecule has 0 spiro atoms. The molecule has 0 saturated carbocycles. The van der Waals surface area contributed by atoms with E-state index in [0.29, 0.717) is 25.8 Å². The van der Waals surface area contributed by atoms with Gasteiger partial charge in [0.05, 0.1) is 6.04 Å². The van der Waals surface area contributed by atoms with Gasteiger partial charge in [-0.2, -0.15) is 0 Å². The van der Waals surface area contributed by atoms with E-state index in [4.69, 9.17) is 4.74 Å². The largest absolute Gasteiger partial charge is 0.438 e. The van der Waals surface area contributed by atoms with Gasteiger partial charge in [0.1, 0.15) is 11.4 Å². The van der Waals surface area contributed by atoms with E-state index in [1.165, 1.54) is 12.1 Å². The highest BCUT2D eigenvalue weighted by Crippen LogP contribution is 2.40. The van der Waals surface area contributed by atoms with Crippen molar-refractivity contribution in [2.24, 2.45) is 0 Å². The number of carbonyl (C=O) groups excluding carboxylic acids is 1. The summed E-state index contributed by atoms with van der Waals surface area (Å²) in [4.78, 5) is 14.6. The molecular formula is C21H23BrFNO3. The molecule has 2 aromatic carbocycles. The van der Waals surface area contributed by atoms with E-state index >= 15 is 0 Å². The minimum atomic E-state index is -0.830. The molecule has 1 fully saturated rings. The van der Waals surface area contributed by atoms with Crippen LogP contribution in [0.2, 0.25) is 0 Å². The van der Waals surface area contributed by atoms with Crippen LogP contribution in [0.3, 0.4) is 0 Å². The highest BCUT2D eigenvalue weighted by Gasteiger charge is 2.43. The van der Waals surface area contributed by atoms with Crippen LogP contribution in [0.15, 0.2) is 53.0 Å². The smallest absolute Gasteiger partial charge is 0.411 e. The minimum Gasteiger partial charge on any atom is -0.438 e. The number of benzene rings is 2. The maximum Gasteiger partial charge on any atom is 0.411 e. The molecule has 1 amide bonds. The van der Waals surface area contributed by atoms with Crippen LogP contribution in [0.1, 0.15) is 43.4 Å². The number of nitrogens with zero attached hydrogens (tertiary/aromatic N) is 1. The fourth-order valence-corrected chi connectivity index (χ4v) is 3.85. The van der Waals surface area contributed by atoms with E-state index < -0.39 is 5.60 Å². The predicted octanol–water partition coefficient (Wildman–Crippen LogP) is 5.16. The third-order valence-corrected chi connectivity index (χ3v) is 5.73. The van der Waals surface area contributed by atoms with Crippen molar-refractivity contribution in [3.8, 4) is 0 Å². The van der Waals surface area contributed by atoms with Crippen molar-refractivity contribution < 1.29 is 19.0 Å². The van der Waals surface area contributed by atoms with Gasteiger partial charge >= 0.3 is 6.09 Å². The minimum absolute atomic E-state index is 0.0134. The zero-order valence-corrected chi connectivity index (χ0v) is 16.8. The lowest BCUT2D eigenvalue weighted by Gasteiger charge is -2.43. The fourth-order valence-electron chi connectivity index (χ4n) is 3.58. The number of cyclic esters (lactones) is 1. The number of rotatable bonds is 6. The molecule has 1 heterocycles. The second kappa shape index (κ2) is 8.40. The molecule has 0 aliphatic carbocycles. The topological polar surface area (TPSA) is 49.8 Å². The van der Waals surface area contributed by atoms with E-state index in [2.05, 4.69) is 15.9 Å². The highest BCUT2D eigenvalue weighted by molar-refractivity contribution is 9.10. The van der Waals surface area contributed by atoms with Crippen LogP contribution >= 0.6 is 15.9 Å². The van der Waals surface area contributed by atoms with Crippen LogP contribution in [0.4, 0.5) is 9.18 Å². The third kappa shape index (κ3) is 4.33. The zero-order valence-electron chi connectivity index (χ0n) is 15.2. The van der Waals surface area contributed by atoms with Crippen LogP contribution in [0.5, 0.6) is 0 Å². The Morgan fingerprint density at radius 3 is 2.48 bits per heavy atom. The summed E-state index contributed by atoms with van der Waals surface area (Å²) in [5.41, 5.74) is 0.963. The van der Waals surface area contributed by atoms with Gasteiger partial charge in [-0.15, -0.1) is 0 Å². The van der Waals surface area contributed by atoms with Crippen molar-refractivity contribution in [2.45, 2.75) is 37.8 Å². The van der Waals surface area contributed by atoms with Crippen molar-refractivity contribution in [1.29, 1.82) is 0 Å². The number of halogens is 2. The summed E-state index contributed by atoms with van der Waals surface area (Å²) in [6.45, 7) is 2.52. The number of carbonyl (C=O) groups is 1. The Balaban J connectivity index is 1.81. The number of amides is 1. The van der Waals surface area contributed by atoms with Crippen molar-refractivity contribution in [3.63, 3.8) is 0 Å². The summed E-state index contributed by atoms with van der Waals surface area (Å²) < 4.78 is 20.2. The van der Waals surface area contributed by atoms with Gasteiger partial charge in [0.15, 0.2) is 0 Å². The van der Waals surface area contributed by atoms with Gasteiger partial charge in [-0.25, -0.2) is 9.18 Å². The predicted molar refractivity (Wildman–Crippen MR) is 105 cm³/mol. The van der Waals surface area contributed by atoms with Crippen molar-refractivity contribution in [3.05, 3.63) is 69.9 Å². The lowest BCUT2D eigenvalue weighted by atomic mass is 9.84. The standard InChI is InChI=1S/C21H23BrFNO3/c1-15(16-3-7-18(22)8-4-16)24-13-12-21(11-2-14-25,27-20(24)26)17-5-9-19(23)10-6-17/h3-10,15,25H,2,11-14H2,1H3/t15?,21-/m0/s1. The lowest BCUT2D eigenvalue weighted by Crippen LogP contribution is -2.48. The Kier molecular flexibility index (Phi) is 6.17. The van der Waals surface area contributed by atoms with E-state index in [1.807, 2.05) is 31.2 Å². The van der Waals surface area contributed by atoms with Crippen molar-refractivity contribution >= 4 is 22.0 Å². The number of hydrogen-bond donors (Lipinski definition) is 1. The van der Waals surface area contributed by atoms with Gasteiger partial charge < -0.3 is 14.7 Å². The monoisotopic (exact) mass is 435 g/mol. The van der Waals surface area contributed by atoms with E-state index in [0.717, 1.165) is 15.6 Å². The number of hydrogen-bond acceptors (Lipinski definition) is 3. The summed E-state index contributed by atoms with van der Waals surface area (Å²) in [6, 6.07) is 13.8. The highest BCUT2D eigenvalue weighted by atomic mass is 79.9. The summed E-state index contributed by atoms with van der Waals surface area (Å²) in [5, 5.41) is 9.26. The van der Waals surface area contributed by atoms with Crippen molar-refractivity contribution in [1.82, 2.24) is 4.90 Å². The molecule has 27 heavy (non-hydrogen) atoms. The van der Waals surface area contributed by atoms with Gasteiger partial charge in [-0.1, -0.05) is 40.2 Å². The molecule has 2 atom stereocenters. The first-order valence-electron chi connectivity index (χ1n) is 9.07. The molecule has 1 N–H and O–H groups in total. The molecule has 3 rings (SSSR count). The van der Waals surface area contributed by atoms with Crippen LogP contribution < -0.4 is 0 Å². The Morgan fingerprint density at radius 2 is 1.89 bits per heavy atom. The average molecular weight is 436 g/mol. The van der Waals surface area contributed by atoms with E-state index in [-0.39, 0.29) is 24.6 Å². The van der Waals surface area contributed by atoms with Crippen LogP contribution in [0.25, 0.3) is 0 Å². The molecule has 0 radical (unpaired) electrons. The van der Waals surface area contributed by atoms with E-state index in [9.17, 15) is 14.3 Å². The first kappa shape index (κ1) is 19.8. The Labute approximate surface area is 167 Å². The Morgan fingerprint density at radius 1 is 1.22 bits per heavy atom. The van der Waals surface area contributed by atoms with Crippen molar-refractivity contribution in [2.75, 3.05) is 13.2 Å². The normalized spacial score (nSPS) is 21.0. The molecule has 2 aromatic rings. The molecule has 6 heteroatoms. The summed E-state index contributed by atoms with van der Waals surface area (Å²) in [6.07, 6.45) is 1.21. The number of aliphatic hydroxyl groups is 1. The maximum absolute atomic E-state index is 13.3. The quantitative estimate of drug-likeness (QED) is 0.681. The Hall–Kier alpha value is -1.92. The Bertz CT molecular complexity index is 781. The molecule has 144 valence electrons. The molecule has 0 bridgehead atoms. The molecular weight excluding hydrogens is 413 g/mol. The molecule has 1 aliphatic heterocycles. The molecule has 1 unspecified atom stereocenters. The fraction of sp³-hybridized carbons (Fsp3) is 0.381. The van der Waals surface area contributed by atoms with Gasteiger partial charge in [-0.05, 0) is 55.2 Å². The summed E-state index contributed by atoms with van der Waals surface area (Å²) in [7, 11) is 0. The average Bonchev–Trinajstić information content (AvgIpc) is 2.67. The molecule has 1 aliphatic rings. The number of ether oxygens (including phenoxy) is 1.